The Balaban J connectivity index is 4.92. The van der Waals surface area contributed by atoms with Crippen molar-refractivity contribution < 1.29 is 78.3 Å². The van der Waals surface area contributed by atoms with Gasteiger partial charge >= 0.3 is 17.9 Å². The van der Waals surface area contributed by atoms with Gasteiger partial charge in [-0.25, -0.2) is 4.79 Å². The average Bonchev–Trinajstić information content (AvgIpc) is 3.08. The molecule has 7 atom stereocenters. The quantitative estimate of drug-likeness (QED) is 0.0408. The largest absolute Gasteiger partial charge is 0.481 e. The third-order valence-electron chi connectivity index (χ3n) is 7.14. The van der Waals surface area contributed by atoms with Crippen LogP contribution in [0, 0.1) is 5.92 Å². The first-order chi connectivity index (χ1) is 25.5. The summed E-state index contributed by atoms with van der Waals surface area (Å²) in [6.07, 6.45) is -4.91. The number of nitrogens with two attached hydrogens (primary N) is 1. The Morgan fingerprint density at radius 3 is 1.35 bits per heavy atom. The summed E-state index contributed by atoms with van der Waals surface area (Å²) in [7, 11) is 0. The molecule has 8 amide bonds. The minimum Gasteiger partial charge on any atom is -0.481 e. The van der Waals surface area contributed by atoms with Crippen LogP contribution in [0.25, 0.3) is 0 Å². The minimum atomic E-state index is -1.73. The Morgan fingerprint density at radius 2 is 0.927 bits per heavy atom. The second-order valence-corrected chi connectivity index (χ2v) is 12.3. The molecule has 0 aliphatic rings. The van der Waals surface area contributed by atoms with Crippen LogP contribution in [0.2, 0.25) is 0 Å². The highest BCUT2D eigenvalue weighted by molar-refractivity contribution is 5.96. The summed E-state index contributed by atoms with van der Waals surface area (Å²) in [5, 5.41) is 63.9. The summed E-state index contributed by atoms with van der Waals surface area (Å²) >= 11 is 0. The summed E-state index contributed by atoms with van der Waals surface area (Å²) in [4.78, 5) is 132. The lowest BCUT2D eigenvalue weighted by atomic mass is 10.0. The van der Waals surface area contributed by atoms with Gasteiger partial charge in [-0.05, 0) is 26.2 Å². The monoisotopic (exact) mass is 791 g/mol. The molecule has 0 bridgehead atoms. The number of carbonyl (C=O) groups excluding carboxylic acids is 8. The van der Waals surface area contributed by atoms with Crippen molar-refractivity contribution in [3.63, 3.8) is 0 Å². The van der Waals surface area contributed by atoms with Gasteiger partial charge < -0.3 is 73.8 Å². The molecule has 0 aliphatic carbocycles. The third kappa shape index (κ3) is 20.2. The van der Waals surface area contributed by atoms with Gasteiger partial charge in [0.1, 0.15) is 24.2 Å². The Labute approximate surface area is 313 Å². The molecule has 0 aromatic carbocycles. The fourth-order valence-electron chi connectivity index (χ4n) is 4.16. The number of rotatable bonds is 25. The fraction of sp³-hybridized carbons (Fsp3) is 0.633. The zero-order valence-electron chi connectivity index (χ0n) is 30.4. The summed E-state index contributed by atoms with van der Waals surface area (Å²) in [6.45, 7) is 2.42. The van der Waals surface area contributed by atoms with Crippen molar-refractivity contribution in [2.75, 3.05) is 26.2 Å². The van der Waals surface area contributed by atoms with E-state index in [1.807, 2.05) is 5.32 Å². The first kappa shape index (κ1) is 49.0. The van der Waals surface area contributed by atoms with Crippen LogP contribution in [0.4, 0.5) is 0 Å². The third-order valence-corrected chi connectivity index (χ3v) is 7.14. The van der Waals surface area contributed by atoms with Crippen LogP contribution in [-0.2, 0) is 52.7 Å². The number of carboxylic acid groups (broad SMARTS) is 3. The molecule has 0 spiro atoms. The number of aliphatic hydroxyl groups excluding tert-OH is 2. The van der Waals surface area contributed by atoms with Gasteiger partial charge in [-0.3, -0.25) is 47.9 Å². The van der Waals surface area contributed by atoms with Crippen molar-refractivity contribution in [3.05, 3.63) is 0 Å². The molecule has 0 heterocycles. The topological polar surface area (TPSA) is 411 Å². The summed E-state index contributed by atoms with van der Waals surface area (Å²) in [6, 6.07) is -7.66. The second-order valence-electron chi connectivity index (χ2n) is 12.3. The summed E-state index contributed by atoms with van der Waals surface area (Å²) in [5.74, 6) is -12.5. The molecule has 25 heteroatoms. The molecular weight excluding hydrogens is 742 g/mol. The Hall–Kier alpha value is -5.95. The minimum absolute atomic E-state index is 0.491. The first-order valence-corrected chi connectivity index (χ1v) is 16.5. The molecule has 0 fully saturated rings. The molecular formula is C30H49N9O16. The second kappa shape index (κ2) is 24.4. The molecule has 0 saturated heterocycles. The molecule has 0 rings (SSSR count). The van der Waals surface area contributed by atoms with Crippen LogP contribution >= 0.6 is 0 Å². The number of amides is 8. The molecule has 55 heavy (non-hydrogen) atoms. The number of carbonyl (C=O) groups is 11. The van der Waals surface area contributed by atoms with Crippen molar-refractivity contribution in [2.24, 2.45) is 11.7 Å². The lowest BCUT2D eigenvalue weighted by Gasteiger charge is -2.24. The van der Waals surface area contributed by atoms with E-state index in [1.54, 1.807) is 13.8 Å². The van der Waals surface area contributed by atoms with E-state index in [0.717, 1.165) is 13.8 Å². The van der Waals surface area contributed by atoms with E-state index in [1.165, 1.54) is 0 Å². The average molecular weight is 792 g/mol. The molecule has 0 saturated carbocycles. The van der Waals surface area contributed by atoms with E-state index in [4.69, 9.17) is 15.9 Å². The van der Waals surface area contributed by atoms with Crippen LogP contribution < -0.4 is 48.3 Å². The fourth-order valence-corrected chi connectivity index (χ4v) is 4.16. The highest BCUT2D eigenvalue weighted by Gasteiger charge is 2.32. The van der Waals surface area contributed by atoms with E-state index in [2.05, 4.69) is 37.2 Å². The lowest BCUT2D eigenvalue weighted by molar-refractivity contribution is -0.144. The Morgan fingerprint density at radius 1 is 0.509 bits per heavy atom. The van der Waals surface area contributed by atoms with Gasteiger partial charge in [-0.2, -0.15) is 0 Å². The van der Waals surface area contributed by atoms with Gasteiger partial charge in [0.05, 0.1) is 50.8 Å². The summed E-state index contributed by atoms with van der Waals surface area (Å²) < 4.78 is 0. The number of aliphatic hydroxyl groups is 2. The van der Waals surface area contributed by atoms with E-state index in [0.29, 0.717) is 0 Å². The number of hydrogen-bond donors (Lipinski definition) is 14. The van der Waals surface area contributed by atoms with Crippen LogP contribution in [0.15, 0.2) is 0 Å². The van der Waals surface area contributed by atoms with E-state index in [9.17, 15) is 68.1 Å². The normalized spacial score (nSPS) is 14.5. The van der Waals surface area contributed by atoms with Crippen LogP contribution in [0.1, 0.15) is 47.0 Å². The van der Waals surface area contributed by atoms with Crippen molar-refractivity contribution in [1.29, 1.82) is 0 Å². The van der Waals surface area contributed by atoms with Crippen molar-refractivity contribution in [2.45, 2.75) is 89.4 Å². The van der Waals surface area contributed by atoms with Crippen LogP contribution in [-0.4, -0.2) is 159 Å². The summed E-state index contributed by atoms with van der Waals surface area (Å²) in [5.41, 5.74) is 5.50. The lowest BCUT2D eigenvalue weighted by Crippen LogP contribution is -2.58. The van der Waals surface area contributed by atoms with Crippen molar-refractivity contribution >= 4 is 65.2 Å². The van der Waals surface area contributed by atoms with Crippen LogP contribution in [0.3, 0.4) is 0 Å². The van der Waals surface area contributed by atoms with E-state index < -0.39 is 159 Å². The molecule has 15 N–H and O–H groups in total. The maximum atomic E-state index is 12.6. The van der Waals surface area contributed by atoms with Gasteiger partial charge in [-0.1, -0.05) is 13.8 Å². The maximum Gasteiger partial charge on any atom is 0.326 e. The number of hydrogen-bond acceptors (Lipinski definition) is 14. The molecule has 0 radical (unpaired) electrons. The molecule has 310 valence electrons. The van der Waals surface area contributed by atoms with Crippen LogP contribution in [0.5, 0.6) is 0 Å². The highest BCUT2D eigenvalue weighted by atomic mass is 16.4. The van der Waals surface area contributed by atoms with Gasteiger partial charge in [0.2, 0.25) is 47.3 Å². The maximum absolute atomic E-state index is 12.6. The zero-order valence-corrected chi connectivity index (χ0v) is 30.4. The molecule has 0 aliphatic heterocycles. The SMILES string of the molecule is CC(C)[C@H](NC(=O)[C@@H](N)CC(=O)O)C(=O)NCC(=O)NCC(=O)NCC(=O)N[C@H](C(=O)NCC(=O)N[C@H](C(=O)N[C@@H](CCC(=O)O)C(=O)O)[C@@H](C)O)[C@@H](C)O. The smallest absolute Gasteiger partial charge is 0.326 e. The molecule has 0 aromatic rings. The zero-order chi connectivity index (χ0) is 42.6. The van der Waals surface area contributed by atoms with Crippen molar-refractivity contribution in [3.8, 4) is 0 Å². The predicted octanol–water partition coefficient (Wildman–Crippen LogP) is -7.44. The Bertz CT molecular complexity index is 1440. The van der Waals surface area contributed by atoms with E-state index >= 15 is 0 Å². The first-order valence-electron chi connectivity index (χ1n) is 16.5. The van der Waals surface area contributed by atoms with Gasteiger partial charge in [-0.15, -0.1) is 0 Å². The number of aliphatic carboxylic acids is 3. The number of nitrogens with one attached hydrogen (secondary N) is 8. The van der Waals surface area contributed by atoms with Gasteiger partial charge in [0, 0.05) is 6.42 Å². The molecule has 25 nitrogen and oxygen atoms in total. The van der Waals surface area contributed by atoms with E-state index in [-0.39, 0.29) is 0 Å². The van der Waals surface area contributed by atoms with Crippen molar-refractivity contribution in [1.82, 2.24) is 42.5 Å². The predicted molar refractivity (Wildman–Crippen MR) is 183 cm³/mol. The van der Waals surface area contributed by atoms with Gasteiger partial charge in [0.25, 0.3) is 0 Å². The molecule has 0 aromatic heterocycles. The standard InChI is InChI=1S/C30H49N9O16/c1-12(2)23(39-26(50)15(31)7-22(48)49)27(51)34-9-18(43)32-8-17(42)33-10-19(44)37-24(13(3)40)28(52)35-11-20(45)38-25(14(4)41)29(53)36-16(30(54)55)5-6-21(46)47/h12-16,23-25,40-41H,5-11,31H2,1-4H3,(H,32,43)(H,33,42)(H,34,51)(H,35,52)(H,36,53)(H,37,44)(H,38,45)(H,39,50)(H,46,47)(H,48,49)(H,54,55)/t13-,14-,15+,16+,23+,24+,25+/m1/s1. The Kier molecular flexibility index (Phi) is 21.7. The molecule has 0 unspecified atom stereocenters. The number of carboxylic acids is 3. The van der Waals surface area contributed by atoms with Gasteiger partial charge in [0.15, 0.2) is 0 Å². The highest BCUT2D eigenvalue weighted by Crippen LogP contribution is 2.04.